The largest absolute Gasteiger partial charge is 0.434 e. The molecule has 11 heteroatoms. The Hall–Kier alpha value is -2.69. The molecule has 190 valence electrons. The van der Waals surface area contributed by atoms with Crippen LogP contribution < -0.4 is 4.74 Å². The zero-order valence-electron chi connectivity index (χ0n) is 18.9. The second-order valence-electron chi connectivity index (χ2n) is 8.79. The van der Waals surface area contributed by atoms with E-state index >= 15 is 0 Å². The molecule has 5 nitrogen and oxygen atoms in total. The zero-order valence-corrected chi connectivity index (χ0v) is 20.4. The molecular formula is C25H22ClF4N3O2S. The first kappa shape index (κ1) is 25.0. The van der Waals surface area contributed by atoms with Gasteiger partial charge in [-0.3, -0.25) is 4.39 Å². The summed E-state index contributed by atoms with van der Waals surface area (Å²) in [4.78, 5) is 12.9. The Bertz CT molecular complexity index is 1370. The van der Waals surface area contributed by atoms with Gasteiger partial charge >= 0.3 is 6.61 Å². The van der Waals surface area contributed by atoms with E-state index in [2.05, 4.69) is 19.7 Å². The number of nitrogens with one attached hydrogen (secondary N) is 1. The molecular weight excluding hydrogens is 518 g/mol. The quantitative estimate of drug-likeness (QED) is 0.244. The van der Waals surface area contributed by atoms with Crippen molar-refractivity contribution < 1.29 is 27.4 Å². The molecule has 2 N–H and O–H groups in total. The predicted octanol–water partition coefficient (Wildman–Crippen LogP) is 7.20. The van der Waals surface area contributed by atoms with Gasteiger partial charge in [0.25, 0.3) is 0 Å². The molecule has 3 aromatic heterocycles. The van der Waals surface area contributed by atoms with Crippen molar-refractivity contribution in [2.45, 2.75) is 50.2 Å². The summed E-state index contributed by atoms with van der Waals surface area (Å²) in [6.45, 7) is -4.22. The lowest BCUT2D eigenvalue weighted by Crippen LogP contribution is -2.16. The Morgan fingerprint density at radius 2 is 1.94 bits per heavy atom. The number of aromatic amines is 1. The van der Waals surface area contributed by atoms with Crippen molar-refractivity contribution in [3.05, 3.63) is 63.8 Å². The van der Waals surface area contributed by atoms with Crippen LogP contribution in [0.4, 0.5) is 17.6 Å². The molecule has 1 fully saturated rings. The van der Waals surface area contributed by atoms with Crippen molar-refractivity contribution >= 4 is 34.0 Å². The van der Waals surface area contributed by atoms with Crippen molar-refractivity contribution in [2.24, 2.45) is 0 Å². The Labute approximate surface area is 213 Å². The molecule has 3 heterocycles. The van der Waals surface area contributed by atoms with E-state index in [1.54, 1.807) is 23.7 Å². The number of pyridine rings is 1. The van der Waals surface area contributed by atoms with Gasteiger partial charge in [-0.25, -0.2) is 14.4 Å². The fraction of sp³-hybridized carbons (Fsp3) is 0.360. The number of hydrogen-bond donors (Lipinski definition) is 2. The molecule has 0 radical (unpaired) electrons. The van der Waals surface area contributed by atoms with Gasteiger partial charge < -0.3 is 14.8 Å². The van der Waals surface area contributed by atoms with Gasteiger partial charge in [0.2, 0.25) is 0 Å². The number of hydrogen-bond acceptors (Lipinski definition) is 5. The summed E-state index contributed by atoms with van der Waals surface area (Å²) in [7, 11) is 0. The Morgan fingerprint density at radius 3 is 2.67 bits per heavy atom. The number of rotatable bonds is 7. The van der Waals surface area contributed by atoms with Gasteiger partial charge in [-0.05, 0) is 49.4 Å². The Kier molecular flexibility index (Phi) is 7.18. The number of aliphatic hydroxyl groups excluding tert-OH is 1. The van der Waals surface area contributed by atoms with E-state index in [1.165, 1.54) is 6.20 Å². The van der Waals surface area contributed by atoms with Gasteiger partial charge in [0.1, 0.15) is 23.9 Å². The molecule has 1 saturated carbocycles. The first-order valence-electron chi connectivity index (χ1n) is 11.5. The molecule has 0 spiro atoms. The normalized spacial score (nSPS) is 19.2. The number of alkyl halides is 3. The van der Waals surface area contributed by atoms with E-state index in [4.69, 9.17) is 11.6 Å². The van der Waals surface area contributed by atoms with Crippen molar-refractivity contribution in [3.63, 3.8) is 0 Å². The third kappa shape index (κ3) is 4.81. The number of ether oxygens (including phenoxy) is 1. The van der Waals surface area contributed by atoms with Crippen LogP contribution in [0, 0.1) is 5.82 Å². The molecule has 0 bridgehead atoms. The highest BCUT2D eigenvalue weighted by atomic mass is 35.5. The minimum absolute atomic E-state index is 0.190. The molecule has 5 rings (SSSR count). The van der Waals surface area contributed by atoms with Crippen LogP contribution in [0.3, 0.4) is 0 Å². The summed E-state index contributed by atoms with van der Waals surface area (Å²) < 4.78 is 59.3. The number of benzene rings is 1. The maximum absolute atomic E-state index is 14.4. The minimum Gasteiger partial charge on any atom is -0.434 e. The van der Waals surface area contributed by atoms with Crippen molar-refractivity contribution in [2.75, 3.05) is 6.67 Å². The van der Waals surface area contributed by atoms with Crippen LogP contribution in [-0.4, -0.2) is 39.4 Å². The number of aliphatic hydroxyl groups is 1. The second-order valence-corrected chi connectivity index (χ2v) is 10.2. The molecule has 1 aromatic carbocycles. The summed E-state index contributed by atoms with van der Waals surface area (Å²) in [6, 6.07) is 3.74. The van der Waals surface area contributed by atoms with Gasteiger partial charge in [0.05, 0.1) is 21.0 Å². The van der Waals surface area contributed by atoms with Crippen LogP contribution >= 0.6 is 22.9 Å². The Balaban J connectivity index is 1.53. The average Bonchev–Trinajstić information content (AvgIpc) is 3.51. The van der Waals surface area contributed by atoms with E-state index < -0.39 is 30.0 Å². The molecule has 0 aliphatic heterocycles. The van der Waals surface area contributed by atoms with E-state index in [0.717, 1.165) is 53.3 Å². The van der Waals surface area contributed by atoms with Gasteiger partial charge in [-0.15, -0.1) is 11.3 Å². The molecule has 36 heavy (non-hydrogen) atoms. The summed E-state index contributed by atoms with van der Waals surface area (Å²) in [5, 5.41) is 10.8. The average molecular weight is 540 g/mol. The van der Waals surface area contributed by atoms with Crippen molar-refractivity contribution in [1.29, 1.82) is 0 Å². The molecule has 0 unspecified atom stereocenters. The molecule has 0 amide bonds. The highest BCUT2D eigenvalue weighted by Crippen LogP contribution is 2.43. The summed E-state index contributed by atoms with van der Waals surface area (Å²) in [5.74, 6) is -2.12. The van der Waals surface area contributed by atoms with E-state index in [-0.39, 0.29) is 17.4 Å². The van der Waals surface area contributed by atoms with Crippen LogP contribution in [0.5, 0.6) is 5.75 Å². The number of nitrogens with zero attached hydrogens (tertiary/aromatic N) is 2. The second kappa shape index (κ2) is 10.4. The van der Waals surface area contributed by atoms with Crippen LogP contribution in [0.2, 0.25) is 5.02 Å². The standard InChI is InChI=1S/C25H22ClF4N3O2S/c26-22-18(28)5-6-19(35-25(29)30)21(22)16(8-27)17-10-32-23-15(17)7-13(9-31-23)20-11-33-24(36-20)12-1-3-14(34)4-2-12/h5-7,9-12,14,16,25,34H,1-4,8H2,(H,31,32)/t12?,14?,16-/m1/s1. The van der Waals surface area contributed by atoms with Crippen LogP contribution in [-0.2, 0) is 0 Å². The number of H-pyrrole nitrogens is 1. The summed E-state index contributed by atoms with van der Waals surface area (Å²) in [5.41, 5.74) is 1.42. The van der Waals surface area contributed by atoms with Gasteiger partial charge in [0, 0.05) is 46.9 Å². The minimum atomic E-state index is -3.19. The molecule has 1 atom stereocenters. The first-order valence-corrected chi connectivity index (χ1v) is 12.6. The maximum atomic E-state index is 14.4. The van der Waals surface area contributed by atoms with Crippen LogP contribution in [0.15, 0.2) is 36.8 Å². The lowest BCUT2D eigenvalue weighted by molar-refractivity contribution is -0.0506. The van der Waals surface area contributed by atoms with Crippen molar-refractivity contribution in [1.82, 2.24) is 15.0 Å². The predicted molar refractivity (Wildman–Crippen MR) is 130 cm³/mol. The molecule has 0 saturated heterocycles. The summed E-state index contributed by atoms with van der Waals surface area (Å²) >= 11 is 7.67. The van der Waals surface area contributed by atoms with E-state index in [9.17, 15) is 22.7 Å². The van der Waals surface area contributed by atoms with Gasteiger partial charge in [-0.1, -0.05) is 11.6 Å². The highest BCUT2D eigenvalue weighted by molar-refractivity contribution is 7.15. The van der Waals surface area contributed by atoms with Gasteiger partial charge in [-0.2, -0.15) is 8.78 Å². The maximum Gasteiger partial charge on any atom is 0.387 e. The molecule has 1 aliphatic carbocycles. The van der Waals surface area contributed by atoms with E-state index in [1.807, 2.05) is 6.07 Å². The Morgan fingerprint density at radius 1 is 1.17 bits per heavy atom. The van der Waals surface area contributed by atoms with Crippen LogP contribution in [0.25, 0.3) is 21.5 Å². The van der Waals surface area contributed by atoms with Crippen LogP contribution in [0.1, 0.15) is 53.7 Å². The number of halogens is 5. The number of thiazole rings is 1. The highest BCUT2D eigenvalue weighted by Gasteiger charge is 2.28. The number of aromatic nitrogens is 3. The lowest BCUT2D eigenvalue weighted by atomic mass is 9.88. The molecule has 4 aromatic rings. The summed E-state index contributed by atoms with van der Waals surface area (Å²) in [6.07, 6.45) is 7.98. The molecule has 1 aliphatic rings. The van der Waals surface area contributed by atoms with Gasteiger partial charge in [0.15, 0.2) is 0 Å². The third-order valence-electron chi connectivity index (χ3n) is 6.60. The lowest BCUT2D eigenvalue weighted by Gasteiger charge is -2.23. The van der Waals surface area contributed by atoms with E-state index in [0.29, 0.717) is 22.5 Å². The topological polar surface area (TPSA) is 71.0 Å². The first-order chi connectivity index (χ1) is 17.4. The third-order valence-corrected chi connectivity index (χ3v) is 8.20. The number of fused-ring (bicyclic) bond motifs is 1. The SMILES string of the molecule is OC1CCC(c2ncc(-c3cnc4[nH]cc([C@@H](CF)c5c(OC(F)F)ccc(F)c5Cl)c4c3)s2)CC1. The fourth-order valence-corrected chi connectivity index (χ4v) is 6.12. The smallest absolute Gasteiger partial charge is 0.387 e. The monoisotopic (exact) mass is 539 g/mol. The fourth-order valence-electron chi connectivity index (χ4n) is 4.77. The van der Waals surface area contributed by atoms with Crippen molar-refractivity contribution in [3.8, 4) is 16.2 Å². The zero-order chi connectivity index (χ0) is 25.4.